The Kier molecular flexibility index (Phi) is 6.13. The van der Waals surface area contributed by atoms with E-state index in [2.05, 4.69) is 4.72 Å². The summed E-state index contributed by atoms with van der Waals surface area (Å²) < 4.78 is 31.8. The summed E-state index contributed by atoms with van der Waals surface area (Å²) in [7, 11) is -2.55. The number of aliphatic hydroxyl groups is 1. The lowest BCUT2D eigenvalue weighted by atomic mass is 10.2. The molecule has 1 aromatic carbocycles. The highest BCUT2D eigenvalue weighted by atomic mass is 32.2. The van der Waals surface area contributed by atoms with E-state index in [1.54, 1.807) is 6.92 Å². The zero-order valence-electron chi connectivity index (χ0n) is 11.9. The van der Waals surface area contributed by atoms with E-state index in [-0.39, 0.29) is 29.2 Å². The van der Waals surface area contributed by atoms with Crippen LogP contribution in [-0.4, -0.2) is 44.4 Å². The van der Waals surface area contributed by atoms with Crippen LogP contribution in [0.5, 0.6) is 5.75 Å². The van der Waals surface area contributed by atoms with Crippen molar-refractivity contribution in [1.82, 2.24) is 4.72 Å². The van der Waals surface area contributed by atoms with Crippen LogP contribution in [0.25, 0.3) is 0 Å². The number of methoxy groups -OCH3 is 1. The molecule has 0 aliphatic rings. The normalized spacial score (nSPS) is 12.9. The minimum Gasteiger partial charge on any atom is -0.496 e. The predicted molar refractivity (Wildman–Crippen MR) is 76.1 cm³/mol. The number of aliphatic hydroxyl groups excluding tert-OH is 1. The molecule has 1 atom stereocenters. The highest BCUT2D eigenvalue weighted by Crippen LogP contribution is 2.22. The molecule has 21 heavy (non-hydrogen) atoms. The number of rotatable bonds is 8. The van der Waals surface area contributed by atoms with Gasteiger partial charge in [-0.15, -0.1) is 0 Å². The molecule has 118 valence electrons. The average molecular weight is 317 g/mol. The summed E-state index contributed by atoms with van der Waals surface area (Å²) in [6.45, 7) is 1.66. The highest BCUT2D eigenvalue weighted by molar-refractivity contribution is 7.89. The fraction of sp³-hybridized carbons (Fsp3) is 0.462. The zero-order valence-corrected chi connectivity index (χ0v) is 12.7. The maximum Gasteiger partial charge on any atom is 0.339 e. The number of carboxylic acids is 1. The standard InChI is InChI=1S/C13H19NO6S/c1-3-9(6-7-15)14-21(18,19)10-4-5-12(20-2)11(8-10)13(16)17/h4-5,8-9,14-15H,3,6-7H2,1-2H3,(H,16,17). The van der Waals surface area contributed by atoms with Crippen molar-refractivity contribution in [1.29, 1.82) is 0 Å². The number of hydrogen-bond acceptors (Lipinski definition) is 5. The number of nitrogens with one attached hydrogen (secondary N) is 1. The first-order valence-electron chi connectivity index (χ1n) is 6.40. The molecular formula is C13H19NO6S. The first-order valence-corrected chi connectivity index (χ1v) is 7.88. The maximum atomic E-state index is 12.2. The van der Waals surface area contributed by atoms with Gasteiger partial charge < -0.3 is 14.9 Å². The molecule has 1 unspecified atom stereocenters. The number of sulfonamides is 1. The van der Waals surface area contributed by atoms with E-state index in [0.29, 0.717) is 6.42 Å². The fourth-order valence-electron chi connectivity index (χ4n) is 1.81. The highest BCUT2D eigenvalue weighted by Gasteiger charge is 2.22. The van der Waals surface area contributed by atoms with E-state index >= 15 is 0 Å². The first-order chi connectivity index (χ1) is 9.85. The van der Waals surface area contributed by atoms with E-state index in [1.165, 1.54) is 19.2 Å². The number of aromatic carboxylic acids is 1. The Morgan fingerprint density at radius 1 is 1.43 bits per heavy atom. The molecule has 0 saturated heterocycles. The molecule has 1 rings (SSSR count). The Hall–Kier alpha value is -1.64. The summed E-state index contributed by atoms with van der Waals surface area (Å²) >= 11 is 0. The Labute approximate surface area is 123 Å². The largest absolute Gasteiger partial charge is 0.496 e. The van der Waals surface area contributed by atoms with Crippen LogP contribution in [0.3, 0.4) is 0 Å². The molecule has 8 heteroatoms. The van der Waals surface area contributed by atoms with E-state index in [4.69, 9.17) is 14.9 Å². The molecule has 0 radical (unpaired) electrons. The van der Waals surface area contributed by atoms with Crippen molar-refractivity contribution < 1.29 is 28.2 Å². The molecule has 0 spiro atoms. The first kappa shape index (κ1) is 17.4. The number of carbonyl (C=O) groups is 1. The van der Waals surface area contributed by atoms with Gasteiger partial charge in [0.15, 0.2) is 0 Å². The lowest BCUT2D eigenvalue weighted by Crippen LogP contribution is -2.35. The van der Waals surface area contributed by atoms with Crippen LogP contribution in [0, 0.1) is 0 Å². The SMILES string of the molecule is CCC(CCO)NS(=O)(=O)c1ccc(OC)c(C(=O)O)c1. The van der Waals surface area contributed by atoms with Gasteiger partial charge in [0.25, 0.3) is 0 Å². The third-order valence-electron chi connectivity index (χ3n) is 3.00. The van der Waals surface area contributed by atoms with Crippen molar-refractivity contribution in [3.63, 3.8) is 0 Å². The quantitative estimate of drug-likeness (QED) is 0.654. The summed E-state index contributed by atoms with van der Waals surface area (Å²) in [4.78, 5) is 11.0. The Morgan fingerprint density at radius 2 is 2.10 bits per heavy atom. The maximum absolute atomic E-state index is 12.2. The summed E-state index contributed by atoms with van der Waals surface area (Å²) in [6.07, 6.45) is 0.805. The van der Waals surface area contributed by atoms with Gasteiger partial charge in [0.05, 0.1) is 12.0 Å². The molecule has 0 fully saturated rings. The number of hydrogen-bond donors (Lipinski definition) is 3. The molecule has 0 aliphatic heterocycles. The molecule has 0 heterocycles. The van der Waals surface area contributed by atoms with E-state index in [1.807, 2.05) is 0 Å². The predicted octanol–water partition coefficient (Wildman–Crippen LogP) is 0.833. The Balaban J connectivity index is 3.14. The van der Waals surface area contributed by atoms with Gasteiger partial charge in [-0.05, 0) is 31.0 Å². The third kappa shape index (κ3) is 4.42. The lowest BCUT2D eigenvalue weighted by molar-refractivity contribution is 0.0693. The van der Waals surface area contributed by atoms with Gasteiger partial charge in [0.1, 0.15) is 11.3 Å². The topological polar surface area (TPSA) is 113 Å². The van der Waals surface area contributed by atoms with Gasteiger partial charge in [0, 0.05) is 12.6 Å². The Morgan fingerprint density at radius 3 is 2.57 bits per heavy atom. The van der Waals surface area contributed by atoms with Crippen molar-refractivity contribution in [3.8, 4) is 5.75 Å². The fourth-order valence-corrected chi connectivity index (χ4v) is 3.19. The van der Waals surface area contributed by atoms with Crippen molar-refractivity contribution in [2.75, 3.05) is 13.7 Å². The van der Waals surface area contributed by atoms with Gasteiger partial charge in [-0.25, -0.2) is 17.9 Å². The monoisotopic (exact) mass is 317 g/mol. The van der Waals surface area contributed by atoms with Crippen molar-refractivity contribution in [2.24, 2.45) is 0 Å². The van der Waals surface area contributed by atoms with Crippen LogP contribution in [0.1, 0.15) is 30.1 Å². The molecule has 1 aromatic rings. The van der Waals surface area contributed by atoms with Crippen LogP contribution >= 0.6 is 0 Å². The minimum absolute atomic E-state index is 0.0869. The van der Waals surface area contributed by atoms with E-state index < -0.39 is 22.0 Å². The van der Waals surface area contributed by atoms with Gasteiger partial charge in [-0.1, -0.05) is 6.92 Å². The van der Waals surface area contributed by atoms with Crippen LogP contribution < -0.4 is 9.46 Å². The molecule has 0 aromatic heterocycles. The summed E-state index contributed by atoms with van der Waals surface area (Å²) in [5.41, 5.74) is -0.226. The van der Waals surface area contributed by atoms with Crippen molar-refractivity contribution in [3.05, 3.63) is 23.8 Å². The van der Waals surface area contributed by atoms with Crippen LogP contribution in [0.4, 0.5) is 0 Å². The lowest BCUT2D eigenvalue weighted by Gasteiger charge is -2.16. The molecule has 7 nitrogen and oxygen atoms in total. The van der Waals surface area contributed by atoms with Crippen molar-refractivity contribution in [2.45, 2.75) is 30.7 Å². The van der Waals surface area contributed by atoms with E-state index in [9.17, 15) is 13.2 Å². The smallest absolute Gasteiger partial charge is 0.339 e. The van der Waals surface area contributed by atoms with Gasteiger partial charge in [-0.3, -0.25) is 0 Å². The number of ether oxygens (including phenoxy) is 1. The summed E-state index contributed by atoms with van der Waals surface area (Å²) in [5, 5.41) is 18.0. The molecule has 0 amide bonds. The van der Waals surface area contributed by atoms with Crippen molar-refractivity contribution >= 4 is 16.0 Å². The average Bonchev–Trinajstić information content (AvgIpc) is 2.45. The third-order valence-corrected chi connectivity index (χ3v) is 4.52. The number of benzene rings is 1. The van der Waals surface area contributed by atoms with E-state index in [0.717, 1.165) is 6.07 Å². The molecule has 3 N–H and O–H groups in total. The molecule has 0 bridgehead atoms. The molecule has 0 aliphatic carbocycles. The van der Waals surface area contributed by atoms with Gasteiger partial charge in [-0.2, -0.15) is 0 Å². The molecule has 0 saturated carbocycles. The van der Waals surface area contributed by atoms with Gasteiger partial charge >= 0.3 is 5.97 Å². The zero-order chi connectivity index (χ0) is 16.0. The second-order valence-electron chi connectivity index (χ2n) is 4.41. The van der Waals surface area contributed by atoms with Crippen LogP contribution in [0.15, 0.2) is 23.1 Å². The van der Waals surface area contributed by atoms with Crippen LogP contribution in [-0.2, 0) is 10.0 Å². The summed E-state index contributed by atoms with van der Waals surface area (Å²) in [5.74, 6) is -1.19. The Bertz CT molecular complexity index is 599. The second-order valence-corrected chi connectivity index (χ2v) is 6.12. The minimum atomic E-state index is -3.85. The summed E-state index contributed by atoms with van der Waals surface area (Å²) in [6, 6.07) is 3.22. The van der Waals surface area contributed by atoms with Gasteiger partial charge in [0.2, 0.25) is 10.0 Å². The molecular weight excluding hydrogens is 298 g/mol. The number of carboxylic acid groups (broad SMARTS) is 1. The van der Waals surface area contributed by atoms with Crippen LogP contribution in [0.2, 0.25) is 0 Å². The second kappa shape index (κ2) is 7.39.